The zero-order valence-electron chi connectivity index (χ0n) is 18.4. The number of sulfonamides is 1. The minimum absolute atomic E-state index is 0.181. The fraction of sp³-hybridized carbons (Fsp3) is 0.545. The maximum atomic E-state index is 13.0. The quantitative estimate of drug-likeness (QED) is 0.569. The maximum Gasteiger partial charge on any atom is 0.237 e. The van der Waals surface area contributed by atoms with Gasteiger partial charge in [0.25, 0.3) is 0 Å². The molecule has 0 radical (unpaired) electrons. The summed E-state index contributed by atoms with van der Waals surface area (Å²) < 4.78 is 45.1. The van der Waals surface area contributed by atoms with Gasteiger partial charge in [0.2, 0.25) is 10.0 Å². The fourth-order valence-electron chi connectivity index (χ4n) is 3.74. The van der Waals surface area contributed by atoms with Gasteiger partial charge in [-0.2, -0.15) is 0 Å². The van der Waals surface area contributed by atoms with Crippen molar-refractivity contribution in [3.63, 3.8) is 0 Å². The number of nitrogens with one attached hydrogen (secondary N) is 1. The summed E-state index contributed by atoms with van der Waals surface area (Å²) >= 11 is 0. The molecule has 162 valence electrons. The second-order valence-electron chi connectivity index (χ2n) is 7.74. The molecule has 0 aliphatic heterocycles. The van der Waals surface area contributed by atoms with E-state index in [9.17, 15) is 8.42 Å². The van der Waals surface area contributed by atoms with Crippen LogP contribution in [0.25, 0.3) is 0 Å². The summed E-state index contributed by atoms with van der Waals surface area (Å²) in [5.41, 5.74) is 0.878. The smallest absolute Gasteiger partial charge is 0.237 e. The highest BCUT2D eigenvalue weighted by Crippen LogP contribution is 2.61. The lowest BCUT2D eigenvalue weighted by Crippen LogP contribution is -2.39. The summed E-state index contributed by atoms with van der Waals surface area (Å²) in [7, 11) is -0.488. The van der Waals surface area contributed by atoms with Gasteiger partial charge in [0.15, 0.2) is 0 Å². The van der Waals surface area contributed by atoms with Crippen molar-refractivity contribution in [2.24, 2.45) is 11.3 Å². The first kappa shape index (κ1) is 23.3. The van der Waals surface area contributed by atoms with Crippen molar-refractivity contribution in [2.45, 2.75) is 47.1 Å². The van der Waals surface area contributed by atoms with Gasteiger partial charge >= 0.3 is 0 Å². The van der Waals surface area contributed by atoms with Crippen LogP contribution in [0, 0.1) is 11.3 Å². The van der Waals surface area contributed by atoms with Crippen molar-refractivity contribution >= 4 is 10.0 Å². The third kappa shape index (κ3) is 5.34. The lowest BCUT2D eigenvalue weighted by molar-refractivity contribution is 0.283. The lowest BCUT2D eigenvalue weighted by Gasteiger charge is -2.21. The van der Waals surface area contributed by atoms with Gasteiger partial charge in [-0.05, 0) is 40.0 Å². The van der Waals surface area contributed by atoms with E-state index in [2.05, 4.69) is 17.7 Å². The van der Waals surface area contributed by atoms with Gasteiger partial charge in [0.1, 0.15) is 23.9 Å². The van der Waals surface area contributed by atoms with Crippen molar-refractivity contribution in [2.75, 3.05) is 20.8 Å². The minimum Gasteiger partial charge on any atom is -0.496 e. The molecule has 2 rings (SSSR count). The number of benzene rings is 1. The van der Waals surface area contributed by atoms with Crippen molar-refractivity contribution in [3.8, 4) is 17.2 Å². The molecule has 1 fully saturated rings. The Bertz CT molecular complexity index is 868. The maximum absolute atomic E-state index is 13.0. The Balaban J connectivity index is 2.05. The summed E-state index contributed by atoms with van der Waals surface area (Å²) in [6.45, 7) is 9.81. The second-order valence-corrected chi connectivity index (χ2v) is 9.42. The molecular weight excluding hydrogens is 390 g/mol. The van der Waals surface area contributed by atoms with Gasteiger partial charge in [0, 0.05) is 23.6 Å². The molecule has 0 bridgehead atoms. The van der Waals surface area contributed by atoms with Gasteiger partial charge in [-0.15, -0.1) is 0 Å². The van der Waals surface area contributed by atoms with Crippen LogP contribution in [0.15, 0.2) is 40.8 Å². The van der Waals surface area contributed by atoms with E-state index >= 15 is 0 Å². The number of allylic oxidation sites excluding steroid dienone is 4. The van der Waals surface area contributed by atoms with E-state index in [1.54, 1.807) is 52.3 Å². The molecular formula is C22H33NO5S. The SMILES string of the molecule is C/C=C(/C)C1CC1(C)/C(=C/C)S(=O)(=O)NC(C)COc1cc(OC)cc(OC)c1. The molecule has 7 heteroatoms. The number of hydrogen-bond acceptors (Lipinski definition) is 5. The molecule has 3 unspecified atom stereocenters. The molecule has 3 atom stereocenters. The molecule has 0 aromatic heterocycles. The van der Waals surface area contributed by atoms with Crippen LogP contribution in [0.2, 0.25) is 0 Å². The minimum atomic E-state index is -3.62. The summed E-state index contributed by atoms with van der Waals surface area (Å²) in [6, 6.07) is 4.81. The first-order chi connectivity index (χ1) is 13.6. The zero-order valence-corrected chi connectivity index (χ0v) is 19.2. The third-order valence-corrected chi connectivity index (χ3v) is 7.53. The largest absolute Gasteiger partial charge is 0.496 e. The molecule has 1 aliphatic carbocycles. The lowest BCUT2D eigenvalue weighted by atomic mass is 10.0. The topological polar surface area (TPSA) is 73.9 Å². The van der Waals surface area contributed by atoms with Crippen LogP contribution in [-0.2, 0) is 10.0 Å². The number of ether oxygens (including phenoxy) is 3. The Morgan fingerprint density at radius 3 is 2.21 bits per heavy atom. The summed E-state index contributed by atoms with van der Waals surface area (Å²) in [5.74, 6) is 2.04. The normalized spacial score (nSPS) is 23.5. The molecule has 1 N–H and O–H groups in total. The van der Waals surface area contributed by atoms with E-state index < -0.39 is 16.1 Å². The molecule has 1 saturated carbocycles. The van der Waals surface area contributed by atoms with E-state index in [0.29, 0.717) is 22.2 Å². The fourth-order valence-corrected chi connectivity index (χ4v) is 5.62. The molecule has 1 aromatic rings. The molecule has 0 spiro atoms. The molecule has 6 nitrogen and oxygen atoms in total. The van der Waals surface area contributed by atoms with Crippen LogP contribution in [0.1, 0.15) is 41.0 Å². The highest BCUT2D eigenvalue weighted by atomic mass is 32.2. The average molecular weight is 424 g/mol. The molecule has 0 saturated heterocycles. The predicted molar refractivity (Wildman–Crippen MR) is 116 cm³/mol. The van der Waals surface area contributed by atoms with Crippen LogP contribution >= 0.6 is 0 Å². The third-order valence-electron chi connectivity index (χ3n) is 5.54. The van der Waals surface area contributed by atoms with Gasteiger partial charge < -0.3 is 14.2 Å². The Hall–Kier alpha value is -1.99. The van der Waals surface area contributed by atoms with Gasteiger partial charge in [-0.3, -0.25) is 0 Å². The van der Waals surface area contributed by atoms with E-state index in [1.807, 2.05) is 13.8 Å². The van der Waals surface area contributed by atoms with Gasteiger partial charge in [0.05, 0.1) is 25.2 Å². The van der Waals surface area contributed by atoms with Crippen molar-refractivity contribution < 1.29 is 22.6 Å². The number of methoxy groups -OCH3 is 2. The molecule has 1 aliphatic rings. The van der Waals surface area contributed by atoms with E-state index in [0.717, 1.165) is 6.42 Å². The van der Waals surface area contributed by atoms with Crippen LogP contribution < -0.4 is 18.9 Å². The molecule has 0 amide bonds. The van der Waals surface area contributed by atoms with Gasteiger partial charge in [-0.1, -0.05) is 24.6 Å². The Kier molecular flexibility index (Phi) is 7.40. The van der Waals surface area contributed by atoms with Crippen molar-refractivity contribution in [3.05, 3.63) is 40.8 Å². The highest BCUT2D eigenvalue weighted by Gasteiger charge is 2.56. The Morgan fingerprint density at radius 1 is 1.17 bits per heavy atom. The van der Waals surface area contributed by atoms with Gasteiger partial charge in [-0.25, -0.2) is 13.1 Å². The first-order valence-corrected chi connectivity index (χ1v) is 11.3. The number of rotatable bonds is 10. The molecule has 1 aromatic carbocycles. The van der Waals surface area contributed by atoms with E-state index in [-0.39, 0.29) is 17.9 Å². The van der Waals surface area contributed by atoms with Crippen LogP contribution in [-0.4, -0.2) is 35.3 Å². The van der Waals surface area contributed by atoms with Crippen LogP contribution in [0.4, 0.5) is 0 Å². The monoisotopic (exact) mass is 423 g/mol. The predicted octanol–water partition coefficient (Wildman–Crippen LogP) is 4.29. The van der Waals surface area contributed by atoms with E-state index in [4.69, 9.17) is 14.2 Å². The highest BCUT2D eigenvalue weighted by molar-refractivity contribution is 7.93. The van der Waals surface area contributed by atoms with Crippen molar-refractivity contribution in [1.82, 2.24) is 4.72 Å². The Morgan fingerprint density at radius 2 is 1.72 bits per heavy atom. The van der Waals surface area contributed by atoms with Crippen LogP contribution in [0.5, 0.6) is 17.2 Å². The van der Waals surface area contributed by atoms with Crippen molar-refractivity contribution in [1.29, 1.82) is 0 Å². The summed E-state index contributed by atoms with van der Waals surface area (Å²) in [5, 5.41) is 0. The second kappa shape index (κ2) is 9.22. The zero-order chi connectivity index (χ0) is 21.8. The average Bonchev–Trinajstić information content (AvgIpc) is 3.36. The summed E-state index contributed by atoms with van der Waals surface area (Å²) in [6.07, 6.45) is 4.62. The Labute approximate surface area is 175 Å². The molecule has 29 heavy (non-hydrogen) atoms. The van der Waals surface area contributed by atoms with Crippen LogP contribution in [0.3, 0.4) is 0 Å². The standard InChI is InChI=1S/C22H33NO5S/c1-8-15(3)20-13-22(20,5)21(9-2)29(24,25)23-16(4)14-28-19-11-17(26-6)10-18(12-19)27-7/h8-12,16,20,23H,13-14H2,1-7H3/b15-8-,21-9-. The first-order valence-electron chi connectivity index (χ1n) is 9.79. The number of hydrogen-bond donors (Lipinski definition) is 1. The molecule has 0 heterocycles. The summed E-state index contributed by atoms with van der Waals surface area (Å²) in [4.78, 5) is 0.450. The van der Waals surface area contributed by atoms with E-state index in [1.165, 1.54) is 5.57 Å².